The molecule has 0 aromatic rings. The summed E-state index contributed by atoms with van der Waals surface area (Å²) in [7, 11) is 1.34. The number of nitrogens with one attached hydrogen (secondary N) is 1. The average Bonchev–Trinajstić information content (AvgIpc) is 2.54. The van der Waals surface area contributed by atoms with Gasteiger partial charge in [0.05, 0.1) is 13.7 Å². The molecule has 0 radical (unpaired) electrons. The summed E-state index contributed by atoms with van der Waals surface area (Å²) in [5.41, 5.74) is -0.0115. The second kappa shape index (κ2) is 7.33. The molecule has 8 heteroatoms. The second-order valence-corrected chi connectivity index (χ2v) is 7.19. The highest BCUT2D eigenvalue weighted by atomic mass is 32.1. The summed E-state index contributed by atoms with van der Waals surface area (Å²) >= 11 is 5.30. The number of carbonyl (C=O) groups excluding carboxylic acids is 2. The molecule has 130 valence electrons. The van der Waals surface area contributed by atoms with E-state index in [0.717, 1.165) is 32.5 Å². The molecule has 0 bridgehead atoms. The summed E-state index contributed by atoms with van der Waals surface area (Å²) in [6.45, 7) is 6.98. The lowest BCUT2D eigenvalue weighted by molar-refractivity contribution is -0.139. The van der Waals surface area contributed by atoms with Crippen LogP contribution in [-0.4, -0.2) is 72.9 Å². The lowest BCUT2D eigenvalue weighted by Crippen LogP contribution is -2.56. The van der Waals surface area contributed by atoms with Crippen LogP contribution >= 0.6 is 12.2 Å². The Balaban J connectivity index is 1.82. The van der Waals surface area contributed by atoms with Crippen LogP contribution in [0.1, 0.15) is 26.7 Å². The first-order valence-electron chi connectivity index (χ1n) is 7.85. The largest absolute Gasteiger partial charge is 0.468 e. The van der Waals surface area contributed by atoms with Crippen molar-refractivity contribution in [1.82, 2.24) is 15.1 Å². The Labute approximate surface area is 142 Å². The molecule has 0 atom stereocenters. The van der Waals surface area contributed by atoms with Gasteiger partial charge in [-0.1, -0.05) is 13.8 Å². The van der Waals surface area contributed by atoms with Crippen LogP contribution < -0.4 is 5.32 Å². The van der Waals surface area contributed by atoms with Crippen LogP contribution in [0, 0.1) is 5.41 Å². The van der Waals surface area contributed by atoms with E-state index in [1.165, 1.54) is 7.11 Å². The minimum Gasteiger partial charge on any atom is -0.468 e. The van der Waals surface area contributed by atoms with E-state index in [-0.39, 0.29) is 30.1 Å². The van der Waals surface area contributed by atoms with Gasteiger partial charge in [-0.2, -0.15) is 0 Å². The monoisotopic (exact) mass is 343 g/mol. The van der Waals surface area contributed by atoms with E-state index < -0.39 is 0 Å². The van der Waals surface area contributed by atoms with E-state index in [0.29, 0.717) is 11.7 Å². The fraction of sp³-hybridized carbons (Fsp3) is 0.800. The van der Waals surface area contributed by atoms with Gasteiger partial charge >= 0.3 is 12.1 Å². The molecule has 23 heavy (non-hydrogen) atoms. The van der Waals surface area contributed by atoms with Crippen molar-refractivity contribution >= 4 is 29.4 Å². The van der Waals surface area contributed by atoms with Crippen molar-refractivity contribution in [1.29, 1.82) is 0 Å². The van der Waals surface area contributed by atoms with Crippen molar-refractivity contribution in [2.45, 2.75) is 32.7 Å². The third-order valence-corrected chi connectivity index (χ3v) is 4.63. The molecule has 0 aromatic carbocycles. The molecule has 0 spiro atoms. The first-order valence-corrected chi connectivity index (χ1v) is 8.26. The maximum absolute atomic E-state index is 12.0. The van der Waals surface area contributed by atoms with Crippen LogP contribution in [0.15, 0.2) is 0 Å². The molecular weight excluding hydrogens is 318 g/mol. The van der Waals surface area contributed by atoms with E-state index in [2.05, 4.69) is 23.9 Å². The van der Waals surface area contributed by atoms with Crippen LogP contribution in [-0.2, 0) is 14.3 Å². The summed E-state index contributed by atoms with van der Waals surface area (Å²) < 4.78 is 9.87. The van der Waals surface area contributed by atoms with Gasteiger partial charge in [-0.3, -0.25) is 4.79 Å². The standard InChI is InChI=1S/C15H25N3O4S/c1-15(2)9-18(14(20)22-10-15)11-4-6-17(7-5-11)13(23)16-8-12(19)21-3/h11H,4-10H2,1-3H3,(H,16,23). The maximum Gasteiger partial charge on any atom is 0.410 e. The average molecular weight is 343 g/mol. The van der Waals surface area contributed by atoms with Gasteiger partial charge < -0.3 is 24.6 Å². The van der Waals surface area contributed by atoms with E-state index in [4.69, 9.17) is 17.0 Å². The number of ether oxygens (including phenoxy) is 2. The summed E-state index contributed by atoms with van der Waals surface area (Å²) in [4.78, 5) is 27.0. The highest BCUT2D eigenvalue weighted by Gasteiger charge is 2.38. The molecule has 1 amide bonds. The number of esters is 1. The molecule has 1 N–H and O–H groups in total. The van der Waals surface area contributed by atoms with Crippen molar-refractivity contribution in [2.24, 2.45) is 5.41 Å². The summed E-state index contributed by atoms with van der Waals surface area (Å²) in [6.07, 6.45) is 1.46. The number of carbonyl (C=O) groups is 2. The highest BCUT2D eigenvalue weighted by Crippen LogP contribution is 2.28. The molecule has 0 unspecified atom stereocenters. The van der Waals surface area contributed by atoms with E-state index in [9.17, 15) is 9.59 Å². The van der Waals surface area contributed by atoms with Gasteiger partial charge in [0.1, 0.15) is 6.54 Å². The molecule has 2 saturated heterocycles. The van der Waals surface area contributed by atoms with Crippen LogP contribution in [0.3, 0.4) is 0 Å². The van der Waals surface area contributed by atoms with Gasteiger partial charge in [0.2, 0.25) is 0 Å². The zero-order chi connectivity index (χ0) is 17.0. The quantitative estimate of drug-likeness (QED) is 0.605. The lowest BCUT2D eigenvalue weighted by atomic mass is 9.91. The van der Waals surface area contributed by atoms with Crippen LogP contribution in [0.5, 0.6) is 0 Å². The number of nitrogens with zero attached hydrogens (tertiary/aromatic N) is 2. The number of thiocarbonyl (C=S) groups is 1. The zero-order valence-electron chi connectivity index (χ0n) is 14.0. The smallest absolute Gasteiger partial charge is 0.410 e. The van der Waals surface area contributed by atoms with Crippen molar-refractivity contribution < 1.29 is 19.1 Å². The second-order valence-electron chi connectivity index (χ2n) is 6.80. The lowest BCUT2D eigenvalue weighted by Gasteiger charge is -2.44. The van der Waals surface area contributed by atoms with Gasteiger partial charge in [0.25, 0.3) is 0 Å². The minimum absolute atomic E-state index is 0.0115. The number of cyclic esters (lactones) is 1. The minimum atomic E-state index is -0.347. The molecule has 7 nitrogen and oxygen atoms in total. The van der Waals surface area contributed by atoms with Gasteiger partial charge in [-0.25, -0.2) is 4.79 Å². The Kier molecular flexibility index (Phi) is 5.67. The molecule has 2 aliphatic heterocycles. The maximum atomic E-state index is 12.0. The third kappa shape index (κ3) is 4.70. The van der Waals surface area contributed by atoms with Gasteiger partial charge in [-0.05, 0) is 25.1 Å². The Morgan fingerprint density at radius 1 is 1.43 bits per heavy atom. The first-order chi connectivity index (χ1) is 10.8. The normalized spacial score (nSPS) is 21.6. The number of likely N-dealkylation sites (tertiary alicyclic amines) is 1. The van der Waals surface area contributed by atoms with Crippen LogP contribution in [0.4, 0.5) is 4.79 Å². The summed E-state index contributed by atoms with van der Waals surface area (Å²) in [5.74, 6) is -0.347. The van der Waals surface area contributed by atoms with E-state index in [1.807, 2.05) is 9.80 Å². The molecule has 2 heterocycles. The Hall–Kier alpha value is -1.57. The van der Waals surface area contributed by atoms with E-state index >= 15 is 0 Å². The fourth-order valence-electron chi connectivity index (χ4n) is 2.90. The van der Waals surface area contributed by atoms with Gasteiger partial charge in [-0.15, -0.1) is 0 Å². The SMILES string of the molecule is COC(=O)CNC(=S)N1CCC(N2CC(C)(C)COC2=O)CC1. The van der Waals surface area contributed by atoms with Crippen molar-refractivity contribution in [3.8, 4) is 0 Å². The summed E-state index contributed by atoms with van der Waals surface area (Å²) in [6, 6.07) is 0.182. The molecule has 2 rings (SSSR count). The Bertz CT molecular complexity index is 475. The Morgan fingerprint density at radius 2 is 2.09 bits per heavy atom. The molecule has 0 aliphatic carbocycles. The number of methoxy groups -OCH3 is 1. The zero-order valence-corrected chi connectivity index (χ0v) is 14.8. The number of piperidine rings is 1. The van der Waals surface area contributed by atoms with Crippen molar-refractivity contribution in [3.63, 3.8) is 0 Å². The molecule has 2 fully saturated rings. The number of rotatable bonds is 3. The van der Waals surface area contributed by atoms with Gasteiger partial charge in [0.15, 0.2) is 5.11 Å². The third-order valence-electron chi connectivity index (χ3n) is 4.22. The predicted octanol–water partition coefficient (Wildman–Crippen LogP) is 0.977. The van der Waals surface area contributed by atoms with Crippen LogP contribution in [0.2, 0.25) is 0 Å². The number of hydrogen-bond acceptors (Lipinski definition) is 5. The number of amides is 1. The molecule has 2 aliphatic rings. The van der Waals surface area contributed by atoms with E-state index in [1.54, 1.807) is 0 Å². The topological polar surface area (TPSA) is 71.1 Å². The fourth-order valence-corrected chi connectivity index (χ4v) is 3.16. The summed E-state index contributed by atoms with van der Waals surface area (Å²) in [5, 5.41) is 3.45. The highest BCUT2D eigenvalue weighted by molar-refractivity contribution is 7.80. The molecular formula is C15H25N3O4S. The number of hydrogen-bond donors (Lipinski definition) is 1. The molecule has 0 saturated carbocycles. The van der Waals surface area contributed by atoms with Crippen LogP contribution in [0.25, 0.3) is 0 Å². The van der Waals surface area contributed by atoms with Crippen molar-refractivity contribution in [3.05, 3.63) is 0 Å². The predicted molar refractivity (Wildman–Crippen MR) is 89.0 cm³/mol. The van der Waals surface area contributed by atoms with Gasteiger partial charge in [0, 0.05) is 31.1 Å². The first kappa shape index (κ1) is 17.8. The van der Waals surface area contributed by atoms with Crippen molar-refractivity contribution in [2.75, 3.05) is 39.9 Å². The molecule has 0 aromatic heterocycles. The Morgan fingerprint density at radius 3 is 2.70 bits per heavy atom.